The van der Waals surface area contributed by atoms with Crippen LogP contribution in [0.25, 0.3) is 0 Å². The number of cyclic esters (lactones) is 1. The SMILES string of the molecule is C=C1COCCCOC1=O. The molecule has 56 valence electrons. The predicted molar refractivity (Wildman–Crippen MR) is 35.5 cm³/mol. The molecule has 0 radical (unpaired) electrons. The molecule has 3 heteroatoms. The molecular formula is C7H10O3. The minimum absolute atomic E-state index is 0.304. The van der Waals surface area contributed by atoms with Crippen molar-refractivity contribution >= 4 is 5.97 Å². The highest BCUT2D eigenvalue weighted by atomic mass is 16.5. The lowest BCUT2D eigenvalue weighted by Crippen LogP contribution is -2.17. The van der Waals surface area contributed by atoms with Gasteiger partial charge < -0.3 is 9.47 Å². The zero-order valence-corrected chi connectivity index (χ0v) is 5.76. The molecule has 1 saturated heterocycles. The number of ether oxygens (including phenoxy) is 2. The number of hydrogen-bond acceptors (Lipinski definition) is 3. The van der Waals surface area contributed by atoms with Gasteiger partial charge in [0.15, 0.2) is 0 Å². The normalized spacial score (nSPS) is 21.2. The summed E-state index contributed by atoms with van der Waals surface area (Å²) in [4.78, 5) is 10.8. The monoisotopic (exact) mass is 142 g/mol. The maximum atomic E-state index is 10.8. The Balaban J connectivity index is 2.43. The summed E-state index contributed by atoms with van der Waals surface area (Å²) in [6.07, 6.45) is 0.777. The van der Waals surface area contributed by atoms with Crippen molar-refractivity contribution in [2.45, 2.75) is 6.42 Å². The van der Waals surface area contributed by atoms with Crippen LogP contribution in [0.5, 0.6) is 0 Å². The second-order valence-electron chi connectivity index (χ2n) is 2.15. The van der Waals surface area contributed by atoms with Crippen LogP contribution in [0.1, 0.15) is 6.42 Å². The van der Waals surface area contributed by atoms with Crippen LogP contribution in [0.2, 0.25) is 0 Å². The zero-order valence-electron chi connectivity index (χ0n) is 5.76. The number of rotatable bonds is 0. The third-order valence-corrected chi connectivity index (χ3v) is 1.23. The first-order valence-corrected chi connectivity index (χ1v) is 3.23. The maximum Gasteiger partial charge on any atom is 0.335 e. The molecular weight excluding hydrogens is 132 g/mol. The van der Waals surface area contributed by atoms with Gasteiger partial charge >= 0.3 is 5.97 Å². The first-order valence-electron chi connectivity index (χ1n) is 3.23. The lowest BCUT2D eigenvalue weighted by atomic mass is 10.3. The largest absolute Gasteiger partial charge is 0.462 e. The molecule has 0 N–H and O–H groups in total. The van der Waals surface area contributed by atoms with Gasteiger partial charge in [-0.3, -0.25) is 0 Å². The molecule has 0 aromatic carbocycles. The minimum Gasteiger partial charge on any atom is -0.462 e. The topological polar surface area (TPSA) is 35.5 Å². The first-order chi connectivity index (χ1) is 4.80. The molecule has 1 aliphatic rings. The van der Waals surface area contributed by atoms with Crippen LogP contribution in [-0.4, -0.2) is 25.8 Å². The molecule has 0 amide bonds. The smallest absolute Gasteiger partial charge is 0.335 e. The third kappa shape index (κ3) is 1.84. The number of carbonyl (C=O) groups is 1. The van der Waals surface area contributed by atoms with E-state index in [-0.39, 0.29) is 5.97 Å². The summed E-state index contributed by atoms with van der Waals surface area (Å²) in [5.74, 6) is -0.334. The van der Waals surface area contributed by atoms with E-state index in [1.807, 2.05) is 0 Å². The second kappa shape index (κ2) is 3.37. The Hall–Kier alpha value is -0.830. The molecule has 0 unspecified atom stereocenters. The molecule has 0 saturated carbocycles. The lowest BCUT2D eigenvalue weighted by molar-refractivity contribution is -0.141. The molecule has 0 aromatic heterocycles. The van der Waals surface area contributed by atoms with Gasteiger partial charge in [-0.15, -0.1) is 0 Å². The van der Waals surface area contributed by atoms with Crippen molar-refractivity contribution < 1.29 is 14.3 Å². The lowest BCUT2D eigenvalue weighted by Gasteiger charge is -2.11. The first kappa shape index (κ1) is 7.28. The van der Waals surface area contributed by atoms with Crippen LogP contribution in [0.3, 0.4) is 0 Å². The Bertz CT molecular complexity index is 133. The number of carbonyl (C=O) groups excluding carboxylic acids is 1. The molecule has 0 aliphatic carbocycles. The van der Waals surface area contributed by atoms with Gasteiger partial charge in [-0.05, 0) is 0 Å². The highest BCUT2D eigenvalue weighted by Gasteiger charge is 2.10. The highest BCUT2D eigenvalue weighted by molar-refractivity contribution is 5.87. The molecule has 3 nitrogen and oxygen atoms in total. The van der Waals surface area contributed by atoms with Crippen molar-refractivity contribution in [1.29, 1.82) is 0 Å². The Kier molecular flexibility index (Phi) is 2.45. The van der Waals surface area contributed by atoms with E-state index >= 15 is 0 Å². The summed E-state index contributed by atoms with van der Waals surface area (Å²) >= 11 is 0. The van der Waals surface area contributed by atoms with Crippen LogP contribution >= 0.6 is 0 Å². The predicted octanol–water partition coefficient (Wildman–Crippen LogP) is 0.506. The van der Waals surface area contributed by atoms with Crippen LogP contribution in [-0.2, 0) is 14.3 Å². The highest BCUT2D eigenvalue weighted by Crippen LogP contribution is 2.01. The van der Waals surface area contributed by atoms with Gasteiger partial charge in [0.2, 0.25) is 0 Å². The number of esters is 1. The quantitative estimate of drug-likeness (QED) is 0.365. The van der Waals surface area contributed by atoms with E-state index in [0.29, 0.717) is 25.4 Å². The number of hydrogen-bond donors (Lipinski definition) is 0. The summed E-state index contributed by atoms with van der Waals surface area (Å²) in [6.45, 7) is 4.89. The third-order valence-electron chi connectivity index (χ3n) is 1.23. The van der Waals surface area contributed by atoms with Gasteiger partial charge in [-0.25, -0.2) is 4.79 Å². The molecule has 1 heterocycles. The molecule has 1 rings (SSSR count). The van der Waals surface area contributed by atoms with E-state index in [1.165, 1.54) is 0 Å². The maximum absolute atomic E-state index is 10.8. The Morgan fingerprint density at radius 3 is 3.00 bits per heavy atom. The van der Waals surface area contributed by atoms with Crippen molar-refractivity contribution in [2.75, 3.05) is 19.8 Å². The fourth-order valence-electron chi connectivity index (χ4n) is 0.682. The minimum atomic E-state index is -0.334. The molecule has 10 heavy (non-hydrogen) atoms. The van der Waals surface area contributed by atoms with Crippen LogP contribution < -0.4 is 0 Å². The van der Waals surface area contributed by atoms with Crippen LogP contribution in [0.4, 0.5) is 0 Å². The van der Waals surface area contributed by atoms with Gasteiger partial charge in [-0.1, -0.05) is 6.58 Å². The average Bonchev–Trinajstić information content (AvgIpc) is 1.92. The Morgan fingerprint density at radius 1 is 1.40 bits per heavy atom. The van der Waals surface area contributed by atoms with E-state index in [4.69, 9.17) is 9.47 Å². The van der Waals surface area contributed by atoms with Gasteiger partial charge in [0.1, 0.15) is 0 Å². The zero-order chi connectivity index (χ0) is 7.40. The molecule has 0 spiro atoms. The second-order valence-corrected chi connectivity index (χ2v) is 2.15. The van der Waals surface area contributed by atoms with Crippen molar-refractivity contribution in [3.05, 3.63) is 12.2 Å². The van der Waals surface area contributed by atoms with E-state index in [1.54, 1.807) is 0 Å². The fraction of sp³-hybridized carbons (Fsp3) is 0.571. The van der Waals surface area contributed by atoms with E-state index in [0.717, 1.165) is 6.42 Å². The van der Waals surface area contributed by atoms with Gasteiger partial charge in [0, 0.05) is 6.42 Å². The van der Waals surface area contributed by atoms with Crippen LogP contribution in [0, 0.1) is 0 Å². The van der Waals surface area contributed by atoms with Crippen molar-refractivity contribution in [3.8, 4) is 0 Å². The summed E-state index contributed by atoms with van der Waals surface area (Å²) in [5.41, 5.74) is 0.403. The van der Waals surface area contributed by atoms with Crippen molar-refractivity contribution in [1.82, 2.24) is 0 Å². The molecule has 1 aliphatic heterocycles. The summed E-state index contributed by atoms with van der Waals surface area (Å²) in [5, 5.41) is 0. The van der Waals surface area contributed by atoms with Crippen molar-refractivity contribution in [3.63, 3.8) is 0 Å². The standard InChI is InChI=1S/C7H10O3/c1-6-5-9-3-2-4-10-7(6)8/h1-5H2. The van der Waals surface area contributed by atoms with E-state index in [2.05, 4.69) is 6.58 Å². The summed E-state index contributed by atoms with van der Waals surface area (Å²) in [6, 6.07) is 0. The van der Waals surface area contributed by atoms with E-state index in [9.17, 15) is 4.79 Å². The van der Waals surface area contributed by atoms with E-state index < -0.39 is 0 Å². The fourth-order valence-corrected chi connectivity index (χ4v) is 0.682. The molecule has 0 atom stereocenters. The molecule has 0 aromatic rings. The molecule has 0 bridgehead atoms. The van der Waals surface area contributed by atoms with Crippen LogP contribution in [0.15, 0.2) is 12.2 Å². The average molecular weight is 142 g/mol. The summed E-state index contributed by atoms with van der Waals surface area (Å²) in [7, 11) is 0. The molecule has 1 fully saturated rings. The van der Waals surface area contributed by atoms with Gasteiger partial charge in [-0.2, -0.15) is 0 Å². The summed E-state index contributed by atoms with van der Waals surface area (Å²) < 4.78 is 9.83. The van der Waals surface area contributed by atoms with Gasteiger partial charge in [0.05, 0.1) is 25.4 Å². The van der Waals surface area contributed by atoms with Crippen molar-refractivity contribution in [2.24, 2.45) is 0 Å². The Morgan fingerprint density at radius 2 is 2.20 bits per heavy atom. The van der Waals surface area contributed by atoms with Gasteiger partial charge in [0.25, 0.3) is 0 Å². The Labute approximate surface area is 59.6 Å².